The van der Waals surface area contributed by atoms with Crippen LogP contribution >= 0.6 is 0 Å². The van der Waals surface area contributed by atoms with Crippen molar-refractivity contribution in [2.24, 2.45) is 0 Å². The smallest absolute Gasteiger partial charge is 0.323 e. The molecule has 1 aliphatic heterocycles. The summed E-state index contributed by atoms with van der Waals surface area (Å²) >= 11 is 0. The lowest BCUT2D eigenvalue weighted by atomic mass is 10.2. The molecule has 0 saturated carbocycles. The van der Waals surface area contributed by atoms with Crippen molar-refractivity contribution < 1.29 is 14.6 Å². The van der Waals surface area contributed by atoms with Gasteiger partial charge in [0, 0.05) is 19.0 Å². The SMILES string of the molecule is COC(=O)[C@@H]1C[C@@H](O)CN1C(C)C. The van der Waals surface area contributed by atoms with Gasteiger partial charge in [-0.3, -0.25) is 9.69 Å². The molecule has 1 aliphatic rings. The van der Waals surface area contributed by atoms with Crippen molar-refractivity contribution in [3.05, 3.63) is 0 Å². The van der Waals surface area contributed by atoms with E-state index < -0.39 is 6.10 Å². The lowest BCUT2D eigenvalue weighted by Gasteiger charge is -2.25. The Kier molecular flexibility index (Phi) is 3.27. The maximum Gasteiger partial charge on any atom is 0.323 e. The monoisotopic (exact) mass is 187 g/mol. The molecule has 1 N–H and O–H groups in total. The quantitative estimate of drug-likeness (QED) is 0.618. The molecule has 0 amide bonds. The average molecular weight is 187 g/mol. The number of hydrogen-bond donors (Lipinski definition) is 1. The molecule has 0 unspecified atom stereocenters. The highest BCUT2D eigenvalue weighted by Crippen LogP contribution is 2.21. The molecular formula is C9H17NO3. The van der Waals surface area contributed by atoms with Gasteiger partial charge >= 0.3 is 5.97 Å². The lowest BCUT2D eigenvalue weighted by Crippen LogP contribution is -2.41. The van der Waals surface area contributed by atoms with E-state index in [1.807, 2.05) is 18.7 Å². The highest BCUT2D eigenvalue weighted by Gasteiger charge is 2.37. The Bertz CT molecular complexity index is 193. The van der Waals surface area contributed by atoms with Crippen molar-refractivity contribution in [1.82, 2.24) is 4.90 Å². The zero-order valence-electron chi connectivity index (χ0n) is 8.36. The van der Waals surface area contributed by atoms with E-state index in [9.17, 15) is 9.90 Å². The standard InChI is InChI=1S/C9H17NO3/c1-6(2)10-5-7(11)4-8(10)9(12)13-3/h6-8,11H,4-5H2,1-3H3/t7-,8+/m1/s1. The minimum atomic E-state index is -0.397. The van der Waals surface area contributed by atoms with Gasteiger partial charge in [0.2, 0.25) is 0 Å². The van der Waals surface area contributed by atoms with Gasteiger partial charge in [-0.05, 0) is 13.8 Å². The molecule has 1 saturated heterocycles. The second-order valence-electron chi connectivity index (χ2n) is 3.72. The van der Waals surface area contributed by atoms with Crippen molar-refractivity contribution >= 4 is 5.97 Å². The molecule has 0 radical (unpaired) electrons. The van der Waals surface area contributed by atoms with Crippen LogP contribution in [-0.4, -0.2) is 47.8 Å². The first-order valence-electron chi connectivity index (χ1n) is 4.58. The largest absolute Gasteiger partial charge is 0.468 e. The molecule has 2 atom stereocenters. The van der Waals surface area contributed by atoms with Gasteiger partial charge in [0.1, 0.15) is 6.04 Å². The number of hydrogen-bond acceptors (Lipinski definition) is 4. The average Bonchev–Trinajstić information content (AvgIpc) is 2.46. The molecule has 0 aromatic rings. The van der Waals surface area contributed by atoms with E-state index >= 15 is 0 Å². The molecule has 76 valence electrons. The number of likely N-dealkylation sites (tertiary alicyclic amines) is 1. The molecule has 1 fully saturated rings. The number of ether oxygens (including phenoxy) is 1. The Labute approximate surface area is 78.5 Å². The molecule has 4 heteroatoms. The first kappa shape index (κ1) is 10.5. The molecule has 0 aliphatic carbocycles. The molecule has 1 heterocycles. The zero-order valence-corrected chi connectivity index (χ0v) is 8.36. The molecule has 0 spiro atoms. The van der Waals surface area contributed by atoms with Crippen molar-refractivity contribution in [2.75, 3.05) is 13.7 Å². The Morgan fingerprint density at radius 3 is 2.69 bits per heavy atom. The molecular weight excluding hydrogens is 170 g/mol. The maximum atomic E-state index is 11.3. The minimum Gasteiger partial charge on any atom is -0.468 e. The van der Waals surface area contributed by atoms with E-state index in [4.69, 9.17) is 0 Å². The summed E-state index contributed by atoms with van der Waals surface area (Å²) in [5, 5.41) is 9.41. The number of aliphatic hydroxyl groups is 1. The number of carbonyl (C=O) groups is 1. The summed E-state index contributed by atoms with van der Waals surface area (Å²) < 4.78 is 4.67. The summed E-state index contributed by atoms with van der Waals surface area (Å²) in [7, 11) is 1.38. The van der Waals surface area contributed by atoms with Crippen LogP contribution in [0.15, 0.2) is 0 Å². The topological polar surface area (TPSA) is 49.8 Å². The molecule has 0 aromatic heterocycles. The number of esters is 1. The van der Waals surface area contributed by atoms with Crippen LogP contribution in [0.4, 0.5) is 0 Å². The van der Waals surface area contributed by atoms with Crippen LogP contribution in [0, 0.1) is 0 Å². The number of β-amino-alcohol motifs (C(OH)–C–C–N with tert-alkyl or cyclic N) is 1. The van der Waals surface area contributed by atoms with E-state index in [1.54, 1.807) is 0 Å². The number of aliphatic hydroxyl groups excluding tert-OH is 1. The van der Waals surface area contributed by atoms with Crippen molar-refractivity contribution in [1.29, 1.82) is 0 Å². The summed E-state index contributed by atoms with van der Waals surface area (Å²) in [6.07, 6.45) is 0.0942. The summed E-state index contributed by atoms with van der Waals surface area (Å²) in [5.74, 6) is -0.245. The van der Waals surface area contributed by atoms with Crippen LogP contribution in [0.1, 0.15) is 20.3 Å². The summed E-state index contributed by atoms with van der Waals surface area (Å²) in [5.41, 5.74) is 0. The van der Waals surface area contributed by atoms with Crippen LogP contribution in [0.2, 0.25) is 0 Å². The number of rotatable bonds is 2. The second-order valence-corrected chi connectivity index (χ2v) is 3.72. The van der Waals surface area contributed by atoms with Gasteiger partial charge in [-0.15, -0.1) is 0 Å². The normalized spacial score (nSPS) is 29.6. The first-order valence-corrected chi connectivity index (χ1v) is 4.58. The van der Waals surface area contributed by atoms with Gasteiger partial charge in [-0.2, -0.15) is 0 Å². The summed E-state index contributed by atoms with van der Waals surface area (Å²) in [6.45, 7) is 4.58. The van der Waals surface area contributed by atoms with E-state index in [-0.39, 0.29) is 18.1 Å². The van der Waals surface area contributed by atoms with Crippen LogP contribution < -0.4 is 0 Å². The van der Waals surface area contributed by atoms with E-state index in [0.717, 1.165) is 0 Å². The summed E-state index contributed by atoms with van der Waals surface area (Å²) in [6, 6.07) is 0.00116. The van der Waals surface area contributed by atoms with Gasteiger partial charge in [-0.25, -0.2) is 0 Å². The Morgan fingerprint density at radius 2 is 2.23 bits per heavy atom. The molecule has 1 rings (SSSR count). The van der Waals surface area contributed by atoms with E-state index in [1.165, 1.54) is 7.11 Å². The third kappa shape index (κ3) is 2.19. The highest BCUT2D eigenvalue weighted by molar-refractivity contribution is 5.76. The summed E-state index contributed by atoms with van der Waals surface area (Å²) in [4.78, 5) is 13.3. The van der Waals surface area contributed by atoms with Gasteiger partial charge in [0.25, 0.3) is 0 Å². The number of nitrogens with zero attached hydrogens (tertiary/aromatic N) is 1. The van der Waals surface area contributed by atoms with E-state index in [2.05, 4.69) is 4.74 Å². The lowest BCUT2D eigenvalue weighted by molar-refractivity contribution is -0.146. The van der Waals surface area contributed by atoms with Gasteiger partial charge in [0.15, 0.2) is 0 Å². The highest BCUT2D eigenvalue weighted by atomic mass is 16.5. The van der Waals surface area contributed by atoms with Crippen LogP contribution in [0.3, 0.4) is 0 Å². The second kappa shape index (κ2) is 4.07. The Morgan fingerprint density at radius 1 is 1.62 bits per heavy atom. The number of carbonyl (C=O) groups excluding carboxylic acids is 1. The molecule has 4 nitrogen and oxygen atoms in total. The fraction of sp³-hybridized carbons (Fsp3) is 0.889. The zero-order chi connectivity index (χ0) is 10.0. The molecule has 13 heavy (non-hydrogen) atoms. The Hall–Kier alpha value is -0.610. The first-order chi connectivity index (χ1) is 6.06. The van der Waals surface area contributed by atoms with Gasteiger partial charge in [-0.1, -0.05) is 0 Å². The third-order valence-corrected chi connectivity index (χ3v) is 2.45. The molecule has 0 aromatic carbocycles. The third-order valence-electron chi connectivity index (χ3n) is 2.45. The fourth-order valence-electron chi connectivity index (χ4n) is 1.78. The van der Waals surface area contributed by atoms with Crippen molar-refractivity contribution in [3.63, 3.8) is 0 Å². The fourth-order valence-corrected chi connectivity index (χ4v) is 1.78. The van der Waals surface area contributed by atoms with Gasteiger partial charge in [0.05, 0.1) is 13.2 Å². The van der Waals surface area contributed by atoms with Crippen LogP contribution in [0.5, 0.6) is 0 Å². The number of methoxy groups -OCH3 is 1. The minimum absolute atomic E-state index is 0.245. The van der Waals surface area contributed by atoms with Crippen molar-refractivity contribution in [2.45, 2.75) is 38.5 Å². The Balaban J connectivity index is 2.66. The predicted molar refractivity (Wildman–Crippen MR) is 48.3 cm³/mol. The van der Waals surface area contributed by atoms with E-state index in [0.29, 0.717) is 13.0 Å². The van der Waals surface area contributed by atoms with Crippen LogP contribution in [0.25, 0.3) is 0 Å². The van der Waals surface area contributed by atoms with Gasteiger partial charge < -0.3 is 9.84 Å². The van der Waals surface area contributed by atoms with Crippen molar-refractivity contribution in [3.8, 4) is 0 Å². The van der Waals surface area contributed by atoms with Crippen LogP contribution in [-0.2, 0) is 9.53 Å². The maximum absolute atomic E-state index is 11.3. The molecule has 0 bridgehead atoms. The predicted octanol–water partition coefficient (Wildman–Crippen LogP) is 0.00300.